The van der Waals surface area contributed by atoms with Crippen LogP contribution in [0.5, 0.6) is 0 Å². The van der Waals surface area contributed by atoms with Gasteiger partial charge in [-0.2, -0.15) is 4.98 Å². The first-order chi connectivity index (χ1) is 9.36. The van der Waals surface area contributed by atoms with Crippen LogP contribution in [0.4, 0.5) is 0 Å². The van der Waals surface area contributed by atoms with Crippen LogP contribution in [0.15, 0.2) is 33.7 Å². The van der Waals surface area contributed by atoms with Crippen molar-refractivity contribution in [2.75, 3.05) is 0 Å². The highest BCUT2D eigenvalue weighted by atomic mass is 35.5. The van der Waals surface area contributed by atoms with Gasteiger partial charge in [-0.05, 0) is 29.7 Å². The van der Waals surface area contributed by atoms with E-state index in [0.717, 1.165) is 9.92 Å². The van der Waals surface area contributed by atoms with Crippen LogP contribution in [0.3, 0.4) is 0 Å². The fourth-order valence-corrected chi connectivity index (χ4v) is 2.37. The van der Waals surface area contributed by atoms with Gasteiger partial charge < -0.3 is 10.3 Å². The summed E-state index contributed by atoms with van der Waals surface area (Å²) < 4.78 is 5.24. The third-order valence-electron chi connectivity index (χ3n) is 2.86. The minimum absolute atomic E-state index is 0.104. The normalized spacial score (nSPS) is 13.4. The average molecular weight is 312 g/mol. The molecule has 1 atom stereocenters. The zero-order chi connectivity index (χ0) is 14.8. The van der Waals surface area contributed by atoms with Crippen LogP contribution in [0.1, 0.15) is 38.5 Å². The van der Waals surface area contributed by atoms with Gasteiger partial charge in [0.2, 0.25) is 5.89 Å². The van der Waals surface area contributed by atoms with Crippen LogP contribution >= 0.6 is 23.4 Å². The number of nitrogens with zero attached hydrogens (tertiary/aromatic N) is 2. The maximum atomic E-state index is 6.09. The van der Waals surface area contributed by atoms with Crippen molar-refractivity contribution in [1.29, 1.82) is 0 Å². The van der Waals surface area contributed by atoms with Crippen LogP contribution < -0.4 is 5.73 Å². The summed E-state index contributed by atoms with van der Waals surface area (Å²) in [6, 6.07) is 7.40. The molecule has 6 heteroatoms. The first-order valence-electron chi connectivity index (χ1n) is 6.32. The van der Waals surface area contributed by atoms with E-state index in [9.17, 15) is 0 Å². The third kappa shape index (κ3) is 3.98. The Labute approximate surface area is 128 Å². The van der Waals surface area contributed by atoms with Crippen molar-refractivity contribution in [1.82, 2.24) is 10.1 Å². The lowest BCUT2D eigenvalue weighted by molar-refractivity contribution is 0.252. The molecule has 0 aliphatic heterocycles. The molecule has 2 N–H and O–H groups in total. The maximum absolute atomic E-state index is 6.09. The molecular weight excluding hydrogens is 294 g/mol. The molecular formula is C14H18ClN3OS. The van der Waals surface area contributed by atoms with Gasteiger partial charge in [-0.3, -0.25) is 0 Å². The highest BCUT2D eigenvalue weighted by Crippen LogP contribution is 2.30. The van der Waals surface area contributed by atoms with Crippen molar-refractivity contribution >= 4 is 23.4 Å². The summed E-state index contributed by atoms with van der Waals surface area (Å²) in [5, 5.41) is 4.70. The van der Waals surface area contributed by atoms with Crippen LogP contribution in [0.2, 0.25) is 5.02 Å². The SMILES string of the molecule is CC(C)(C)[C@H](N)c1nc(CSc2ccc(Cl)cc2)no1. The molecule has 0 saturated carbocycles. The van der Waals surface area contributed by atoms with Crippen LogP contribution in [0, 0.1) is 5.41 Å². The molecule has 4 nitrogen and oxygen atoms in total. The molecule has 0 aliphatic carbocycles. The molecule has 1 aromatic heterocycles. The van der Waals surface area contributed by atoms with Crippen LogP contribution in [-0.4, -0.2) is 10.1 Å². The number of aromatic nitrogens is 2. The summed E-state index contributed by atoms with van der Waals surface area (Å²) in [5.74, 6) is 1.78. The molecule has 0 amide bonds. The van der Waals surface area contributed by atoms with E-state index in [1.807, 2.05) is 45.0 Å². The largest absolute Gasteiger partial charge is 0.338 e. The molecule has 1 heterocycles. The standard InChI is InChI=1S/C14H18ClN3OS/c1-14(2,3)12(16)13-17-11(18-19-13)8-20-10-6-4-9(15)5-7-10/h4-7,12H,8,16H2,1-3H3/t12-/m1/s1. The first-order valence-corrected chi connectivity index (χ1v) is 7.69. The van der Waals surface area contributed by atoms with Gasteiger partial charge in [-0.25, -0.2) is 0 Å². The summed E-state index contributed by atoms with van der Waals surface area (Å²) in [7, 11) is 0. The van der Waals surface area contributed by atoms with E-state index in [0.29, 0.717) is 17.5 Å². The number of halogens is 1. The molecule has 108 valence electrons. The maximum Gasteiger partial charge on any atom is 0.244 e. The minimum Gasteiger partial charge on any atom is -0.338 e. The lowest BCUT2D eigenvalue weighted by Gasteiger charge is -2.23. The number of hydrogen-bond donors (Lipinski definition) is 1. The van der Waals surface area contributed by atoms with Crippen molar-refractivity contribution < 1.29 is 4.52 Å². The number of rotatable bonds is 4. The quantitative estimate of drug-likeness (QED) is 0.862. The summed E-state index contributed by atoms with van der Waals surface area (Å²) in [5.41, 5.74) is 5.99. The van der Waals surface area contributed by atoms with Gasteiger partial charge >= 0.3 is 0 Å². The van der Waals surface area contributed by atoms with Crippen molar-refractivity contribution in [3.8, 4) is 0 Å². The zero-order valence-corrected chi connectivity index (χ0v) is 13.3. The summed E-state index contributed by atoms with van der Waals surface area (Å²) in [6.07, 6.45) is 0. The van der Waals surface area contributed by atoms with Gasteiger partial charge in [0.15, 0.2) is 5.82 Å². The topological polar surface area (TPSA) is 64.9 Å². The van der Waals surface area contributed by atoms with Crippen molar-refractivity contribution in [2.45, 2.75) is 37.5 Å². The molecule has 0 fully saturated rings. The Balaban J connectivity index is 1.98. The molecule has 0 saturated heterocycles. The molecule has 2 rings (SSSR count). The fraction of sp³-hybridized carbons (Fsp3) is 0.429. The predicted octanol–water partition coefficient (Wildman–Crippen LogP) is 4.06. The molecule has 0 aliphatic rings. The van der Waals surface area contributed by atoms with E-state index in [1.54, 1.807) is 11.8 Å². The number of nitrogens with two attached hydrogens (primary N) is 1. The van der Waals surface area contributed by atoms with Gasteiger partial charge in [0.25, 0.3) is 0 Å². The Hall–Kier alpha value is -1.04. The molecule has 2 aromatic rings. The van der Waals surface area contributed by atoms with Gasteiger partial charge in [-0.15, -0.1) is 11.8 Å². The summed E-state index contributed by atoms with van der Waals surface area (Å²) in [6.45, 7) is 6.14. The van der Waals surface area contributed by atoms with Crippen molar-refractivity contribution in [3.63, 3.8) is 0 Å². The van der Waals surface area contributed by atoms with Crippen molar-refractivity contribution in [2.24, 2.45) is 11.1 Å². The minimum atomic E-state index is -0.260. The third-order valence-corrected chi connectivity index (χ3v) is 4.12. The predicted molar refractivity (Wildman–Crippen MR) is 81.7 cm³/mol. The Morgan fingerprint density at radius 3 is 2.55 bits per heavy atom. The molecule has 20 heavy (non-hydrogen) atoms. The second kappa shape index (κ2) is 6.16. The Morgan fingerprint density at radius 1 is 1.30 bits per heavy atom. The van der Waals surface area contributed by atoms with Crippen LogP contribution in [0.25, 0.3) is 0 Å². The molecule has 1 aromatic carbocycles. The lowest BCUT2D eigenvalue weighted by Crippen LogP contribution is -2.26. The van der Waals surface area contributed by atoms with Crippen LogP contribution in [-0.2, 0) is 5.75 Å². The molecule has 0 radical (unpaired) electrons. The Kier molecular flexibility index (Phi) is 4.73. The Bertz CT molecular complexity index is 563. The van der Waals surface area contributed by atoms with E-state index in [1.165, 1.54) is 0 Å². The van der Waals surface area contributed by atoms with E-state index in [2.05, 4.69) is 10.1 Å². The number of benzene rings is 1. The average Bonchev–Trinajstić information content (AvgIpc) is 2.85. The molecule has 0 bridgehead atoms. The van der Waals surface area contributed by atoms with E-state index >= 15 is 0 Å². The summed E-state index contributed by atoms with van der Waals surface area (Å²) in [4.78, 5) is 5.47. The van der Waals surface area contributed by atoms with Crippen molar-refractivity contribution in [3.05, 3.63) is 41.0 Å². The Morgan fingerprint density at radius 2 is 1.95 bits per heavy atom. The van der Waals surface area contributed by atoms with E-state index in [4.69, 9.17) is 21.9 Å². The molecule has 0 spiro atoms. The number of hydrogen-bond acceptors (Lipinski definition) is 5. The second-order valence-electron chi connectivity index (χ2n) is 5.64. The van der Waals surface area contributed by atoms with Gasteiger partial charge in [0, 0.05) is 9.92 Å². The first kappa shape index (κ1) is 15.4. The fourth-order valence-electron chi connectivity index (χ4n) is 1.50. The zero-order valence-electron chi connectivity index (χ0n) is 11.8. The second-order valence-corrected chi connectivity index (χ2v) is 7.12. The van der Waals surface area contributed by atoms with E-state index in [-0.39, 0.29) is 11.5 Å². The molecule has 0 unspecified atom stereocenters. The smallest absolute Gasteiger partial charge is 0.244 e. The van der Waals surface area contributed by atoms with Gasteiger partial charge in [0.1, 0.15) is 0 Å². The highest BCUT2D eigenvalue weighted by molar-refractivity contribution is 7.98. The van der Waals surface area contributed by atoms with Gasteiger partial charge in [0.05, 0.1) is 11.8 Å². The van der Waals surface area contributed by atoms with E-state index < -0.39 is 0 Å². The highest BCUT2D eigenvalue weighted by Gasteiger charge is 2.27. The van der Waals surface area contributed by atoms with Gasteiger partial charge in [-0.1, -0.05) is 37.5 Å². The lowest BCUT2D eigenvalue weighted by atomic mass is 9.87. The number of thioether (sulfide) groups is 1. The summed E-state index contributed by atoms with van der Waals surface area (Å²) >= 11 is 7.48. The monoisotopic (exact) mass is 311 g/mol.